The highest BCUT2D eigenvalue weighted by Crippen LogP contribution is 2.42. The number of benzene rings is 1. The van der Waals surface area contributed by atoms with Gasteiger partial charge in [-0.25, -0.2) is 19.7 Å². The number of H-pyrrole nitrogens is 1. The topological polar surface area (TPSA) is 109 Å². The van der Waals surface area contributed by atoms with Gasteiger partial charge in [-0.05, 0) is 63.4 Å². The van der Waals surface area contributed by atoms with E-state index in [1.54, 1.807) is 12.4 Å². The number of carbonyl (C=O) groups is 1. The van der Waals surface area contributed by atoms with Crippen LogP contribution in [0.4, 0.5) is 37.1 Å². The first-order valence-electron chi connectivity index (χ1n) is 15.1. The fourth-order valence-electron chi connectivity index (χ4n) is 6.21. The molecule has 2 aliphatic rings. The van der Waals surface area contributed by atoms with Crippen LogP contribution >= 0.6 is 0 Å². The number of alkyl halides is 6. The third-order valence-corrected chi connectivity index (χ3v) is 8.65. The van der Waals surface area contributed by atoms with E-state index in [4.69, 9.17) is 14.5 Å². The van der Waals surface area contributed by atoms with Crippen LogP contribution in [0.3, 0.4) is 0 Å². The Hall–Kier alpha value is -4.89. The minimum absolute atomic E-state index is 0.0395. The number of rotatable bonds is 7. The highest BCUT2D eigenvalue weighted by Gasteiger charge is 2.43. The molecule has 1 aromatic carbocycles. The first-order valence-corrected chi connectivity index (χ1v) is 15.1. The van der Waals surface area contributed by atoms with Crippen molar-refractivity contribution in [1.29, 1.82) is 0 Å². The maximum atomic E-state index is 13.6. The summed E-state index contributed by atoms with van der Waals surface area (Å²) in [6.45, 7) is 6.47. The molecule has 0 aliphatic carbocycles. The molecule has 6 rings (SSSR count). The monoisotopic (exact) mass is 675 g/mol. The fourth-order valence-corrected chi connectivity index (χ4v) is 6.21. The van der Waals surface area contributed by atoms with Crippen LogP contribution in [0.1, 0.15) is 59.6 Å². The summed E-state index contributed by atoms with van der Waals surface area (Å²) in [5.41, 5.74) is 1.02. The molecule has 0 spiro atoms. The lowest BCUT2D eigenvalue weighted by Gasteiger charge is -2.24. The number of cyclic esters (lactones) is 1. The van der Waals surface area contributed by atoms with Crippen LogP contribution in [0, 0.1) is 13.8 Å². The Balaban J connectivity index is 1.42. The SMILES string of the molecule is COc1ncc(-c2c(C)n[nH]c2C)cc1-c1cnc(N2CCCC2)nc1CN1C(=O)OC(c2cc(C(F)(F)F)cc(C(F)(F)F)c2)C1C. The number of halogens is 6. The van der Waals surface area contributed by atoms with Crippen LogP contribution in [0.5, 0.6) is 5.88 Å². The summed E-state index contributed by atoms with van der Waals surface area (Å²) >= 11 is 0. The number of hydrogen-bond donors (Lipinski definition) is 1. The second-order valence-corrected chi connectivity index (χ2v) is 11.8. The molecule has 5 heterocycles. The number of aromatic nitrogens is 5. The van der Waals surface area contributed by atoms with Crippen LogP contribution in [-0.2, 0) is 23.6 Å². The van der Waals surface area contributed by atoms with Gasteiger partial charge in [0.15, 0.2) is 0 Å². The normalized spacial score (nSPS) is 18.5. The van der Waals surface area contributed by atoms with Crippen LogP contribution in [-0.4, -0.2) is 62.4 Å². The zero-order chi connectivity index (χ0) is 34.5. The third-order valence-electron chi connectivity index (χ3n) is 8.65. The molecule has 2 unspecified atom stereocenters. The van der Waals surface area contributed by atoms with Gasteiger partial charge >= 0.3 is 18.4 Å². The molecule has 2 fully saturated rings. The van der Waals surface area contributed by atoms with E-state index in [9.17, 15) is 31.1 Å². The molecule has 16 heteroatoms. The number of pyridine rings is 1. The lowest BCUT2D eigenvalue weighted by molar-refractivity contribution is -0.143. The number of anilines is 1. The van der Waals surface area contributed by atoms with Gasteiger partial charge in [0.05, 0.1) is 42.2 Å². The van der Waals surface area contributed by atoms with Gasteiger partial charge in [0.25, 0.3) is 0 Å². The molecule has 0 radical (unpaired) electrons. The predicted octanol–water partition coefficient (Wildman–Crippen LogP) is 7.27. The van der Waals surface area contributed by atoms with Gasteiger partial charge in [-0.2, -0.15) is 31.4 Å². The van der Waals surface area contributed by atoms with E-state index in [0.717, 1.165) is 48.4 Å². The van der Waals surface area contributed by atoms with E-state index in [2.05, 4.69) is 20.2 Å². The Morgan fingerprint density at radius 2 is 1.62 bits per heavy atom. The number of methoxy groups -OCH3 is 1. The van der Waals surface area contributed by atoms with E-state index in [-0.39, 0.29) is 18.5 Å². The van der Waals surface area contributed by atoms with E-state index in [1.807, 2.05) is 24.8 Å². The number of nitrogens with one attached hydrogen (secondary N) is 1. The highest BCUT2D eigenvalue weighted by atomic mass is 19.4. The first kappa shape index (κ1) is 33.0. The number of aryl methyl sites for hydroxylation is 2. The number of hydrogen-bond acceptors (Lipinski definition) is 8. The molecule has 2 saturated heterocycles. The standard InChI is InChI=1S/C32H31F6N7O3/c1-16-26(17(2)43-42-16)20-11-23(28(47-4)39-13-20)24-14-40-29(44-7-5-6-8-44)41-25(24)15-45-18(3)27(48-30(45)46)19-9-21(31(33,34)35)12-22(10-19)32(36,37)38/h9-14,18,27H,5-8,15H2,1-4H3,(H,42,43). The van der Waals surface area contributed by atoms with Gasteiger partial charge < -0.3 is 14.4 Å². The molecule has 48 heavy (non-hydrogen) atoms. The van der Waals surface area contributed by atoms with Crippen LogP contribution in [0.2, 0.25) is 0 Å². The van der Waals surface area contributed by atoms with E-state index >= 15 is 0 Å². The van der Waals surface area contributed by atoms with E-state index < -0.39 is 47.3 Å². The van der Waals surface area contributed by atoms with Crippen molar-refractivity contribution in [3.05, 3.63) is 70.4 Å². The maximum absolute atomic E-state index is 13.6. The molecule has 1 N–H and O–H groups in total. The smallest absolute Gasteiger partial charge is 0.416 e. The van der Waals surface area contributed by atoms with E-state index in [0.29, 0.717) is 34.9 Å². The largest absolute Gasteiger partial charge is 0.481 e. The molecule has 2 aliphatic heterocycles. The molecule has 4 aromatic rings. The second kappa shape index (κ2) is 12.3. The zero-order valence-electron chi connectivity index (χ0n) is 26.3. The minimum Gasteiger partial charge on any atom is -0.481 e. The maximum Gasteiger partial charge on any atom is 0.416 e. The Kier molecular flexibility index (Phi) is 8.45. The molecule has 254 valence electrons. The summed E-state index contributed by atoms with van der Waals surface area (Å²) in [6.07, 6.45) is -7.33. The van der Waals surface area contributed by atoms with Crippen molar-refractivity contribution in [2.45, 2.75) is 64.7 Å². The molecule has 1 amide bonds. The number of aromatic amines is 1. The molecule has 10 nitrogen and oxygen atoms in total. The number of ether oxygens (including phenoxy) is 2. The average Bonchev–Trinajstić information content (AvgIpc) is 3.76. The molecular formula is C32H31F6N7O3. The zero-order valence-corrected chi connectivity index (χ0v) is 26.3. The summed E-state index contributed by atoms with van der Waals surface area (Å²) in [5.74, 6) is 0.662. The van der Waals surface area contributed by atoms with Crippen molar-refractivity contribution in [2.75, 3.05) is 25.1 Å². The van der Waals surface area contributed by atoms with Gasteiger partial charge in [0, 0.05) is 53.4 Å². The molecular weight excluding hydrogens is 644 g/mol. The van der Waals surface area contributed by atoms with Gasteiger partial charge in [-0.15, -0.1) is 0 Å². The molecule has 3 aromatic heterocycles. The van der Waals surface area contributed by atoms with Crippen molar-refractivity contribution in [3.63, 3.8) is 0 Å². The van der Waals surface area contributed by atoms with Crippen molar-refractivity contribution in [2.24, 2.45) is 0 Å². The summed E-state index contributed by atoms with van der Waals surface area (Å²) in [5, 5.41) is 7.22. The summed E-state index contributed by atoms with van der Waals surface area (Å²) in [7, 11) is 1.45. The Morgan fingerprint density at radius 1 is 0.958 bits per heavy atom. The Bertz CT molecular complexity index is 1800. The highest BCUT2D eigenvalue weighted by molar-refractivity contribution is 5.79. The van der Waals surface area contributed by atoms with Crippen molar-refractivity contribution >= 4 is 12.0 Å². The van der Waals surface area contributed by atoms with Gasteiger partial charge in [0.2, 0.25) is 11.8 Å². The summed E-state index contributed by atoms with van der Waals surface area (Å²) in [4.78, 5) is 30.4. The average molecular weight is 676 g/mol. The number of carbonyl (C=O) groups excluding carboxylic acids is 1. The van der Waals surface area contributed by atoms with Gasteiger partial charge in [-0.1, -0.05) is 0 Å². The molecule has 0 saturated carbocycles. The summed E-state index contributed by atoms with van der Waals surface area (Å²) in [6, 6.07) is 2.07. The van der Waals surface area contributed by atoms with Crippen molar-refractivity contribution in [1.82, 2.24) is 30.0 Å². The predicted molar refractivity (Wildman–Crippen MR) is 161 cm³/mol. The minimum atomic E-state index is -5.06. The van der Waals surface area contributed by atoms with Gasteiger partial charge in [-0.3, -0.25) is 10.00 Å². The summed E-state index contributed by atoms with van der Waals surface area (Å²) < 4.78 is 92.8. The first-order chi connectivity index (χ1) is 22.7. The fraction of sp³-hybridized carbons (Fsp3) is 0.406. The Morgan fingerprint density at radius 3 is 2.21 bits per heavy atom. The third kappa shape index (κ3) is 6.22. The number of nitrogens with zero attached hydrogens (tertiary/aromatic N) is 6. The molecule has 2 atom stereocenters. The Labute approximate surface area is 271 Å². The molecule has 0 bridgehead atoms. The quantitative estimate of drug-likeness (QED) is 0.204. The second-order valence-electron chi connectivity index (χ2n) is 11.8. The lowest BCUT2D eigenvalue weighted by atomic mass is 9.97. The lowest BCUT2D eigenvalue weighted by Crippen LogP contribution is -2.32. The van der Waals surface area contributed by atoms with Crippen molar-refractivity contribution in [3.8, 4) is 28.1 Å². The van der Waals surface area contributed by atoms with Gasteiger partial charge in [0.1, 0.15) is 6.10 Å². The van der Waals surface area contributed by atoms with Crippen molar-refractivity contribution < 1.29 is 40.6 Å². The van der Waals surface area contributed by atoms with Crippen LogP contribution < -0.4 is 9.64 Å². The van der Waals surface area contributed by atoms with E-state index in [1.165, 1.54) is 18.9 Å². The number of amides is 1. The van der Waals surface area contributed by atoms with Crippen LogP contribution in [0.15, 0.2) is 36.7 Å². The van der Waals surface area contributed by atoms with Crippen LogP contribution in [0.25, 0.3) is 22.3 Å².